The fourth-order valence-corrected chi connectivity index (χ4v) is 6.50. The molecule has 7 nitrogen and oxygen atoms in total. The molecule has 0 aliphatic heterocycles. The van der Waals surface area contributed by atoms with Gasteiger partial charge in [0.05, 0.1) is 10.6 Å². The number of nitrogens with one attached hydrogen (secondary N) is 1. The van der Waals surface area contributed by atoms with Gasteiger partial charge in [-0.25, -0.2) is 12.8 Å². The van der Waals surface area contributed by atoms with Crippen molar-refractivity contribution >= 4 is 43.5 Å². The van der Waals surface area contributed by atoms with Crippen LogP contribution >= 0.6 is 15.9 Å². The highest BCUT2D eigenvalue weighted by Gasteiger charge is 2.35. The van der Waals surface area contributed by atoms with Crippen molar-refractivity contribution in [3.8, 4) is 0 Å². The Labute approximate surface area is 266 Å². The number of hydrogen-bond donors (Lipinski definition) is 1. The molecular formula is C34H35BrFN3O4S. The molecule has 0 spiro atoms. The maximum Gasteiger partial charge on any atom is 0.264 e. The number of carbonyl (C=O) groups excluding carboxylic acids is 2. The van der Waals surface area contributed by atoms with E-state index in [1.165, 1.54) is 23.1 Å². The van der Waals surface area contributed by atoms with Gasteiger partial charge in [0.25, 0.3) is 10.0 Å². The average Bonchev–Trinajstić information content (AvgIpc) is 3.03. The molecule has 1 N–H and O–H groups in total. The van der Waals surface area contributed by atoms with Gasteiger partial charge in [-0.3, -0.25) is 13.9 Å². The van der Waals surface area contributed by atoms with E-state index in [9.17, 15) is 18.0 Å². The van der Waals surface area contributed by atoms with Gasteiger partial charge in [0.1, 0.15) is 18.4 Å². The lowest BCUT2D eigenvalue weighted by Crippen LogP contribution is -2.54. The average molecular weight is 681 g/mol. The van der Waals surface area contributed by atoms with Crippen molar-refractivity contribution in [2.45, 2.75) is 50.2 Å². The lowest BCUT2D eigenvalue weighted by molar-refractivity contribution is -0.140. The number of anilines is 1. The Morgan fingerprint density at radius 3 is 2.16 bits per heavy atom. The number of amides is 2. The zero-order valence-electron chi connectivity index (χ0n) is 24.6. The summed E-state index contributed by atoms with van der Waals surface area (Å²) in [6.07, 6.45) is 0.808. The van der Waals surface area contributed by atoms with Gasteiger partial charge in [-0.05, 0) is 55.3 Å². The minimum atomic E-state index is -4.22. The van der Waals surface area contributed by atoms with Crippen LogP contribution in [0.15, 0.2) is 119 Å². The highest BCUT2D eigenvalue weighted by Crippen LogP contribution is 2.27. The number of nitrogens with zero attached hydrogens (tertiary/aromatic N) is 2. The first-order valence-corrected chi connectivity index (χ1v) is 16.5. The van der Waals surface area contributed by atoms with Crippen molar-refractivity contribution < 1.29 is 22.4 Å². The zero-order valence-corrected chi connectivity index (χ0v) is 27.0. The minimum Gasteiger partial charge on any atom is -0.352 e. The summed E-state index contributed by atoms with van der Waals surface area (Å²) in [5, 5.41) is 2.97. The SMILES string of the molecule is CCC(C)NC(=O)C(Cc1ccccc1)N(Cc1ccccc1F)C(=O)CN(c1cccc(Br)c1)S(=O)(=O)c1ccccc1. The van der Waals surface area contributed by atoms with E-state index in [0.29, 0.717) is 10.9 Å². The molecule has 0 radical (unpaired) electrons. The van der Waals surface area contributed by atoms with Crippen molar-refractivity contribution in [3.05, 3.63) is 131 Å². The third-order valence-corrected chi connectivity index (χ3v) is 9.56. The Balaban J connectivity index is 1.81. The number of rotatable bonds is 13. The van der Waals surface area contributed by atoms with Crippen LogP contribution in [-0.2, 0) is 32.6 Å². The molecule has 44 heavy (non-hydrogen) atoms. The first-order valence-electron chi connectivity index (χ1n) is 14.3. The number of hydrogen-bond acceptors (Lipinski definition) is 4. The summed E-state index contributed by atoms with van der Waals surface area (Å²) in [5.41, 5.74) is 1.25. The maximum absolute atomic E-state index is 15.0. The van der Waals surface area contributed by atoms with E-state index >= 15 is 4.39 Å². The Hall–Kier alpha value is -4.02. The topological polar surface area (TPSA) is 86.8 Å². The highest BCUT2D eigenvalue weighted by molar-refractivity contribution is 9.10. The number of sulfonamides is 1. The van der Waals surface area contributed by atoms with Crippen molar-refractivity contribution in [1.29, 1.82) is 0 Å². The molecule has 4 aromatic carbocycles. The molecule has 0 aromatic heterocycles. The molecule has 0 saturated carbocycles. The van der Waals surface area contributed by atoms with E-state index in [1.54, 1.807) is 60.7 Å². The summed E-state index contributed by atoms with van der Waals surface area (Å²) in [5.74, 6) is -1.60. The molecule has 0 saturated heterocycles. The quantitative estimate of drug-likeness (QED) is 0.179. The molecule has 0 aliphatic carbocycles. The molecule has 2 unspecified atom stereocenters. The van der Waals surface area contributed by atoms with Gasteiger partial charge in [0.15, 0.2) is 0 Å². The largest absolute Gasteiger partial charge is 0.352 e. The molecule has 10 heteroatoms. The molecule has 0 heterocycles. The van der Waals surface area contributed by atoms with Gasteiger partial charge in [-0.2, -0.15) is 0 Å². The summed E-state index contributed by atoms with van der Waals surface area (Å²) >= 11 is 3.40. The molecule has 4 aromatic rings. The van der Waals surface area contributed by atoms with Crippen molar-refractivity contribution in [1.82, 2.24) is 10.2 Å². The lowest BCUT2D eigenvalue weighted by Gasteiger charge is -2.34. The van der Waals surface area contributed by atoms with Gasteiger partial charge < -0.3 is 10.2 Å². The third kappa shape index (κ3) is 8.33. The smallest absolute Gasteiger partial charge is 0.264 e. The second-order valence-electron chi connectivity index (χ2n) is 10.4. The summed E-state index contributed by atoms with van der Waals surface area (Å²) in [4.78, 5) is 29.5. The lowest BCUT2D eigenvalue weighted by atomic mass is 10.0. The van der Waals surface area contributed by atoms with E-state index in [-0.39, 0.29) is 35.2 Å². The van der Waals surface area contributed by atoms with Crippen LogP contribution in [0.1, 0.15) is 31.4 Å². The van der Waals surface area contributed by atoms with Crippen molar-refractivity contribution in [2.24, 2.45) is 0 Å². The van der Waals surface area contributed by atoms with E-state index in [4.69, 9.17) is 0 Å². The maximum atomic E-state index is 15.0. The molecule has 230 valence electrons. The van der Waals surface area contributed by atoms with Crippen LogP contribution < -0.4 is 9.62 Å². The van der Waals surface area contributed by atoms with Crippen molar-refractivity contribution in [2.75, 3.05) is 10.8 Å². The van der Waals surface area contributed by atoms with Gasteiger partial charge in [0.2, 0.25) is 11.8 Å². The molecule has 4 rings (SSSR count). The molecule has 2 atom stereocenters. The monoisotopic (exact) mass is 679 g/mol. The predicted octanol–water partition coefficient (Wildman–Crippen LogP) is 6.34. The van der Waals surface area contributed by atoms with Crippen LogP contribution in [0.5, 0.6) is 0 Å². The Kier molecular flexibility index (Phi) is 11.3. The van der Waals surface area contributed by atoms with Crippen LogP contribution in [0.3, 0.4) is 0 Å². The Morgan fingerprint density at radius 1 is 0.886 bits per heavy atom. The van der Waals surface area contributed by atoms with E-state index in [1.807, 2.05) is 44.2 Å². The summed E-state index contributed by atoms with van der Waals surface area (Å²) in [7, 11) is -4.22. The van der Waals surface area contributed by atoms with Crippen LogP contribution in [0.4, 0.5) is 10.1 Å². The van der Waals surface area contributed by atoms with Crippen LogP contribution in [0.2, 0.25) is 0 Å². The van der Waals surface area contributed by atoms with Crippen LogP contribution in [0.25, 0.3) is 0 Å². The number of halogens is 2. The highest BCUT2D eigenvalue weighted by atomic mass is 79.9. The second kappa shape index (κ2) is 15.1. The molecule has 0 aliphatic rings. The standard InChI is InChI=1S/C34H35BrFN3O4S/c1-3-25(2)37-34(41)32(21-26-13-6-4-7-14-26)38(23-27-15-10-11-20-31(27)36)33(40)24-39(29-17-12-16-28(35)22-29)44(42,43)30-18-8-5-9-19-30/h4-20,22,25,32H,3,21,23-24H2,1-2H3,(H,37,41). The van der Waals surface area contributed by atoms with Gasteiger partial charge in [0, 0.05) is 29.0 Å². The molecule has 0 bridgehead atoms. The molecular weight excluding hydrogens is 645 g/mol. The van der Waals surface area contributed by atoms with E-state index in [0.717, 1.165) is 9.87 Å². The summed E-state index contributed by atoms with van der Waals surface area (Å²) in [6, 6.07) is 28.5. The number of benzene rings is 4. The number of carbonyl (C=O) groups is 2. The first kappa shape index (κ1) is 32.9. The van der Waals surface area contributed by atoms with Gasteiger partial charge >= 0.3 is 0 Å². The fourth-order valence-electron chi connectivity index (χ4n) is 4.68. The van der Waals surface area contributed by atoms with E-state index < -0.39 is 40.2 Å². The van der Waals surface area contributed by atoms with Gasteiger partial charge in [-0.1, -0.05) is 95.7 Å². The second-order valence-corrected chi connectivity index (χ2v) is 13.2. The van der Waals surface area contributed by atoms with Crippen LogP contribution in [0, 0.1) is 5.82 Å². The zero-order chi connectivity index (χ0) is 31.7. The Bertz CT molecular complexity index is 1670. The van der Waals surface area contributed by atoms with Crippen LogP contribution in [-0.4, -0.2) is 43.8 Å². The van der Waals surface area contributed by atoms with E-state index in [2.05, 4.69) is 21.2 Å². The summed E-state index contributed by atoms with van der Waals surface area (Å²) < 4.78 is 44.6. The fraction of sp³-hybridized carbons (Fsp3) is 0.235. The molecule has 2 amide bonds. The third-order valence-electron chi connectivity index (χ3n) is 7.28. The van der Waals surface area contributed by atoms with Gasteiger partial charge in [-0.15, -0.1) is 0 Å². The molecule has 0 fully saturated rings. The van der Waals surface area contributed by atoms with Crippen molar-refractivity contribution in [3.63, 3.8) is 0 Å². The first-order chi connectivity index (χ1) is 21.1. The predicted molar refractivity (Wildman–Crippen MR) is 174 cm³/mol. The Morgan fingerprint density at radius 2 is 1.52 bits per heavy atom. The summed E-state index contributed by atoms with van der Waals surface area (Å²) in [6.45, 7) is 2.93. The minimum absolute atomic E-state index is 0.00350. The normalized spacial score (nSPS) is 12.6.